The van der Waals surface area contributed by atoms with Crippen LogP contribution in [0, 0.1) is 5.82 Å². The molecule has 33 heavy (non-hydrogen) atoms. The van der Waals surface area contributed by atoms with Crippen LogP contribution in [0.5, 0.6) is 0 Å². The summed E-state index contributed by atoms with van der Waals surface area (Å²) in [4.78, 5) is 22.5. The molecule has 0 aliphatic rings. The van der Waals surface area contributed by atoms with E-state index >= 15 is 0 Å². The van der Waals surface area contributed by atoms with Crippen molar-refractivity contribution in [3.8, 4) is 0 Å². The van der Waals surface area contributed by atoms with E-state index in [1.165, 1.54) is 23.0 Å². The summed E-state index contributed by atoms with van der Waals surface area (Å²) < 4.78 is 14.6. The van der Waals surface area contributed by atoms with Gasteiger partial charge in [0.25, 0.3) is 5.91 Å². The number of hydrogen-bond acceptors (Lipinski definition) is 5. The number of rotatable bonds is 5. The van der Waals surface area contributed by atoms with Gasteiger partial charge in [0, 0.05) is 6.54 Å². The Labute approximate surface area is 188 Å². The molecule has 3 N–H and O–H groups in total. The average molecular weight is 438 g/mol. The zero-order valence-electron chi connectivity index (χ0n) is 17.4. The third-order valence-electron chi connectivity index (χ3n) is 5.19. The molecule has 0 fully saturated rings. The first-order valence-electron chi connectivity index (χ1n) is 10.3. The third kappa shape index (κ3) is 4.01. The van der Waals surface area contributed by atoms with Crippen molar-refractivity contribution in [3.63, 3.8) is 0 Å². The van der Waals surface area contributed by atoms with Gasteiger partial charge in [-0.15, -0.1) is 0 Å². The molecular formula is C25H19FN6O. The van der Waals surface area contributed by atoms with Crippen LogP contribution in [0.3, 0.4) is 0 Å². The summed E-state index contributed by atoms with van der Waals surface area (Å²) in [5.41, 5.74) is 10.2. The maximum absolute atomic E-state index is 13.2. The van der Waals surface area contributed by atoms with Gasteiger partial charge in [0.15, 0.2) is 5.65 Å². The zero-order valence-corrected chi connectivity index (χ0v) is 17.4. The Morgan fingerprint density at radius 3 is 2.36 bits per heavy atom. The third-order valence-corrected chi connectivity index (χ3v) is 5.19. The molecule has 1 amide bonds. The van der Waals surface area contributed by atoms with E-state index in [9.17, 15) is 9.18 Å². The van der Waals surface area contributed by atoms with Crippen LogP contribution >= 0.6 is 0 Å². The first kappa shape index (κ1) is 20.3. The van der Waals surface area contributed by atoms with Gasteiger partial charge in [-0.1, -0.05) is 54.6 Å². The van der Waals surface area contributed by atoms with Gasteiger partial charge < -0.3 is 11.1 Å². The molecule has 0 saturated heterocycles. The number of nitrogen functional groups attached to an aromatic ring is 1. The van der Waals surface area contributed by atoms with E-state index in [2.05, 4.69) is 20.4 Å². The molecular weight excluding hydrogens is 419 g/mol. The summed E-state index contributed by atoms with van der Waals surface area (Å²) in [5, 5.41) is 7.32. The van der Waals surface area contributed by atoms with Crippen molar-refractivity contribution >= 4 is 40.1 Å². The second-order valence-electron chi connectivity index (χ2n) is 7.42. The number of nitrogens with one attached hydrogen (secondary N) is 1. The largest absolute Gasteiger partial charge is 0.383 e. The number of halogens is 1. The van der Waals surface area contributed by atoms with Crippen LogP contribution < -0.4 is 11.1 Å². The summed E-state index contributed by atoms with van der Waals surface area (Å²) in [5.74, 6) is -0.598. The Bertz CT molecular complexity index is 1490. The summed E-state index contributed by atoms with van der Waals surface area (Å²) >= 11 is 0. The molecule has 7 nitrogen and oxygen atoms in total. The van der Waals surface area contributed by atoms with Crippen molar-refractivity contribution in [1.82, 2.24) is 20.0 Å². The Balaban J connectivity index is 1.60. The van der Waals surface area contributed by atoms with Gasteiger partial charge in [-0.2, -0.15) is 9.78 Å². The number of nitrogens with zero attached hydrogens (tertiary/aromatic N) is 4. The zero-order chi connectivity index (χ0) is 22.8. The van der Waals surface area contributed by atoms with E-state index in [4.69, 9.17) is 5.73 Å². The van der Waals surface area contributed by atoms with Gasteiger partial charge in [0.05, 0.1) is 17.2 Å². The van der Waals surface area contributed by atoms with Crippen LogP contribution in [0.4, 0.5) is 10.2 Å². The van der Waals surface area contributed by atoms with Gasteiger partial charge >= 0.3 is 0 Å². The van der Waals surface area contributed by atoms with E-state index < -0.39 is 0 Å². The minimum absolute atomic E-state index is 0.115. The van der Waals surface area contributed by atoms with Crippen LogP contribution in [0.25, 0.3) is 22.2 Å². The summed E-state index contributed by atoms with van der Waals surface area (Å²) in [6, 6.07) is 22.8. The van der Waals surface area contributed by atoms with Crippen LogP contribution in [0.15, 0.2) is 84.0 Å². The van der Waals surface area contributed by atoms with Crippen LogP contribution in [0.1, 0.15) is 21.5 Å². The standard InChI is InChI=1S/C25H19FN6O/c26-18-12-10-17(11-13-18)15-29-32-23(27)21(25(33)28-14-16-6-2-1-3-7-16)22-24(32)31-20-9-5-4-8-19(20)30-22/h1-13,15H,14,27H2,(H,28,33). The monoisotopic (exact) mass is 438 g/mol. The molecule has 5 rings (SSSR count). The predicted octanol–water partition coefficient (Wildman–Crippen LogP) is 4.12. The molecule has 0 unspecified atom stereocenters. The quantitative estimate of drug-likeness (QED) is 0.403. The highest BCUT2D eigenvalue weighted by molar-refractivity contribution is 6.10. The summed E-state index contributed by atoms with van der Waals surface area (Å²) in [6.45, 7) is 0.339. The summed E-state index contributed by atoms with van der Waals surface area (Å²) in [6.07, 6.45) is 1.53. The molecule has 8 heteroatoms. The highest BCUT2D eigenvalue weighted by Gasteiger charge is 2.24. The van der Waals surface area contributed by atoms with Crippen molar-refractivity contribution in [2.75, 3.05) is 5.73 Å². The van der Waals surface area contributed by atoms with Gasteiger partial charge in [0.1, 0.15) is 22.7 Å². The molecule has 2 aromatic heterocycles. The first-order chi connectivity index (χ1) is 16.1. The number of fused-ring (bicyclic) bond motifs is 2. The van der Waals surface area contributed by atoms with E-state index in [1.807, 2.05) is 54.6 Å². The maximum atomic E-state index is 13.2. The van der Waals surface area contributed by atoms with E-state index in [-0.39, 0.29) is 23.1 Å². The highest BCUT2D eigenvalue weighted by Crippen LogP contribution is 2.28. The fraction of sp³-hybridized carbons (Fsp3) is 0.0400. The number of aromatic nitrogens is 3. The van der Waals surface area contributed by atoms with Gasteiger partial charge in [0.2, 0.25) is 0 Å². The fourth-order valence-electron chi connectivity index (χ4n) is 3.53. The number of anilines is 1. The lowest BCUT2D eigenvalue weighted by atomic mass is 10.2. The molecule has 0 radical (unpaired) electrons. The van der Waals surface area contributed by atoms with Crippen LogP contribution in [0.2, 0.25) is 0 Å². The Morgan fingerprint density at radius 1 is 0.970 bits per heavy atom. The Kier molecular flexibility index (Phi) is 5.24. The number of hydrogen-bond donors (Lipinski definition) is 2. The van der Waals surface area contributed by atoms with E-state index in [0.717, 1.165) is 5.56 Å². The fourth-order valence-corrected chi connectivity index (χ4v) is 3.53. The number of carbonyl (C=O) groups excluding carboxylic acids is 1. The van der Waals surface area contributed by atoms with Crippen molar-refractivity contribution < 1.29 is 9.18 Å². The molecule has 0 saturated carbocycles. The smallest absolute Gasteiger partial charge is 0.257 e. The van der Waals surface area contributed by atoms with Crippen LogP contribution in [-0.2, 0) is 6.54 Å². The number of para-hydroxylation sites is 2. The molecule has 0 aliphatic heterocycles. The lowest BCUT2D eigenvalue weighted by molar-refractivity contribution is 0.0953. The van der Waals surface area contributed by atoms with Gasteiger partial charge in [-0.05, 0) is 35.4 Å². The molecule has 5 aromatic rings. The van der Waals surface area contributed by atoms with E-state index in [1.54, 1.807) is 12.1 Å². The first-order valence-corrected chi connectivity index (χ1v) is 10.3. The minimum atomic E-state index is -0.373. The second-order valence-corrected chi connectivity index (χ2v) is 7.42. The lowest BCUT2D eigenvalue weighted by Crippen LogP contribution is -2.23. The minimum Gasteiger partial charge on any atom is -0.383 e. The molecule has 0 atom stereocenters. The van der Waals surface area contributed by atoms with Crippen molar-refractivity contribution in [3.05, 3.63) is 101 Å². The van der Waals surface area contributed by atoms with Crippen molar-refractivity contribution in [2.45, 2.75) is 6.54 Å². The average Bonchev–Trinajstić information content (AvgIpc) is 3.11. The molecule has 162 valence electrons. The SMILES string of the molecule is Nc1c(C(=O)NCc2ccccc2)c2nc3ccccc3nc2n1N=Cc1ccc(F)cc1. The topological polar surface area (TPSA) is 98.2 Å². The highest BCUT2D eigenvalue weighted by atomic mass is 19.1. The maximum Gasteiger partial charge on any atom is 0.257 e. The Morgan fingerprint density at radius 2 is 1.64 bits per heavy atom. The predicted molar refractivity (Wildman–Crippen MR) is 126 cm³/mol. The normalized spacial score (nSPS) is 11.4. The van der Waals surface area contributed by atoms with E-state index in [0.29, 0.717) is 34.3 Å². The molecule has 3 aromatic carbocycles. The number of amides is 1. The molecule has 2 heterocycles. The number of nitrogens with two attached hydrogens (primary N) is 1. The van der Waals surface area contributed by atoms with Crippen molar-refractivity contribution in [1.29, 1.82) is 0 Å². The second kappa shape index (κ2) is 8.51. The van der Waals surface area contributed by atoms with Crippen LogP contribution in [-0.4, -0.2) is 26.8 Å². The Hall–Kier alpha value is -4.59. The van der Waals surface area contributed by atoms with Gasteiger partial charge in [-0.3, -0.25) is 4.79 Å². The number of benzene rings is 3. The molecule has 0 aliphatic carbocycles. The number of carbonyl (C=O) groups is 1. The lowest BCUT2D eigenvalue weighted by Gasteiger charge is -2.05. The molecule has 0 bridgehead atoms. The van der Waals surface area contributed by atoms with Gasteiger partial charge in [-0.25, -0.2) is 14.4 Å². The summed E-state index contributed by atoms with van der Waals surface area (Å²) in [7, 11) is 0. The molecule has 0 spiro atoms. The van der Waals surface area contributed by atoms with Crippen molar-refractivity contribution in [2.24, 2.45) is 5.10 Å².